The van der Waals surface area contributed by atoms with Crippen molar-refractivity contribution >= 4 is 21.8 Å². The summed E-state index contributed by atoms with van der Waals surface area (Å²) in [5, 5.41) is 2.25. The van der Waals surface area contributed by atoms with E-state index in [2.05, 4.69) is 21.2 Å². The molecule has 1 aromatic rings. The highest BCUT2D eigenvalue weighted by Crippen LogP contribution is 2.25. The molecule has 0 fully saturated rings. The van der Waals surface area contributed by atoms with Crippen LogP contribution in [-0.2, 0) is 10.2 Å². The maximum Gasteiger partial charge on any atom is 0.277 e. The molecular weight excluding hydrogens is 318 g/mol. The highest BCUT2D eigenvalue weighted by Gasteiger charge is 2.33. The third-order valence-corrected chi connectivity index (χ3v) is 3.47. The molecule has 1 aromatic carbocycles. The first kappa shape index (κ1) is 16.0. The smallest absolute Gasteiger partial charge is 0.277 e. The van der Waals surface area contributed by atoms with Crippen LogP contribution in [0.4, 0.5) is 8.78 Å². The van der Waals surface area contributed by atoms with Gasteiger partial charge in [-0.1, -0.05) is 28.1 Å². The minimum absolute atomic E-state index is 0.456. The second-order valence-electron chi connectivity index (χ2n) is 4.87. The van der Waals surface area contributed by atoms with Crippen LogP contribution >= 0.6 is 15.9 Å². The molecular formula is C13H17BrF2N2O. The SMILES string of the molecule is CC(C)(C(=O)NCC(F)(F)CN)c1ccc(Br)cc1. The molecule has 19 heavy (non-hydrogen) atoms. The van der Waals surface area contributed by atoms with E-state index in [-0.39, 0.29) is 0 Å². The lowest BCUT2D eigenvalue weighted by Crippen LogP contribution is -2.47. The van der Waals surface area contributed by atoms with Crippen molar-refractivity contribution < 1.29 is 13.6 Å². The summed E-state index contributed by atoms with van der Waals surface area (Å²) in [6, 6.07) is 7.17. The number of carbonyl (C=O) groups excluding carboxylic acids is 1. The minimum atomic E-state index is -3.08. The summed E-state index contributed by atoms with van der Waals surface area (Å²) in [7, 11) is 0. The van der Waals surface area contributed by atoms with E-state index in [0.29, 0.717) is 0 Å². The molecule has 0 bridgehead atoms. The molecule has 1 rings (SSSR count). The van der Waals surface area contributed by atoms with Gasteiger partial charge in [-0.15, -0.1) is 0 Å². The first-order valence-electron chi connectivity index (χ1n) is 5.81. The predicted molar refractivity (Wildman–Crippen MR) is 74.2 cm³/mol. The number of rotatable bonds is 5. The van der Waals surface area contributed by atoms with Crippen LogP contribution in [0.3, 0.4) is 0 Å². The number of amides is 1. The third kappa shape index (κ3) is 4.24. The van der Waals surface area contributed by atoms with Gasteiger partial charge in [-0.3, -0.25) is 4.79 Å². The summed E-state index contributed by atoms with van der Waals surface area (Å²) in [5.41, 5.74) is 4.79. The van der Waals surface area contributed by atoms with Gasteiger partial charge in [-0.25, -0.2) is 8.78 Å². The molecule has 3 N–H and O–H groups in total. The number of hydrogen-bond donors (Lipinski definition) is 2. The lowest BCUT2D eigenvalue weighted by Gasteiger charge is -2.25. The molecule has 0 spiro atoms. The molecule has 0 heterocycles. The quantitative estimate of drug-likeness (QED) is 0.868. The summed E-state index contributed by atoms with van der Waals surface area (Å²) in [5.74, 6) is -3.53. The van der Waals surface area contributed by atoms with Crippen LogP contribution in [0, 0.1) is 0 Å². The van der Waals surface area contributed by atoms with Gasteiger partial charge in [0.25, 0.3) is 5.92 Å². The summed E-state index contributed by atoms with van der Waals surface area (Å²) in [4.78, 5) is 12.0. The average Bonchev–Trinajstić information content (AvgIpc) is 2.36. The third-order valence-electron chi connectivity index (χ3n) is 2.94. The molecule has 3 nitrogen and oxygen atoms in total. The number of hydrogen-bond acceptors (Lipinski definition) is 2. The zero-order chi connectivity index (χ0) is 14.7. The maximum atomic E-state index is 13.0. The van der Waals surface area contributed by atoms with E-state index in [9.17, 15) is 13.6 Å². The highest BCUT2D eigenvalue weighted by atomic mass is 79.9. The number of alkyl halides is 2. The molecule has 0 aromatic heterocycles. The summed E-state index contributed by atoms with van der Waals surface area (Å²) in [6.07, 6.45) is 0. The summed E-state index contributed by atoms with van der Waals surface area (Å²) in [6.45, 7) is 1.84. The molecule has 0 saturated carbocycles. The van der Waals surface area contributed by atoms with E-state index in [1.165, 1.54) is 0 Å². The van der Waals surface area contributed by atoms with Crippen molar-refractivity contribution in [2.45, 2.75) is 25.2 Å². The normalized spacial score (nSPS) is 12.3. The minimum Gasteiger partial charge on any atom is -0.349 e. The lowest BCUT2D eigenvalue weighted by atomic mass is 9.84. The monoisotopic (exact) mass is 334 g/mol. The fourth-order valence-electron chi connectivity index (χ4n) is 1.50. The molecule has 106 valence electrons. The van der Waals surface area contributed by atoms with Crippen LogP contribution in [0.1, 0.15) is 19.4 Å². The molecule has 0 unspecified atom stereocenters. The van der Waals surface area contributed by atoms with Crippen molar-refractivity contribution in [2.75, 3.05) is 13.1 Å². The second kappa shape index (κ2) is 5.96. The van der Waals surface area contributed by atoms with E-state index in [0.717, 1.165) is 10.0 Å². The van der Waals surface area contributed by atoms with Crippen molar-refractivity contribution in [2.24, 2.45) is 5.73 Å². The van der Waals surface area contributed by atoms with Crippen LogP contribution in [-0.4, -0.2) is 24.9 Å². The van der Waals surface area contributed by atoms with Gasteiger partial charge < -0.3 is 11.1 Å². The van der Waals surface area contributed by atoms with Crippen molar-refractivity contribution in [3.05, 3.63) is 34.3 Å². The Kier molecular flexibility index (Phi) is 5.04. The van der Waals surface area contributed by atoms with E-state index in [1.54, 1.807) is 38.1 Å². The second-order valence-corrected chi connectivity index (χ2v) is 5.79. The van der Waals surface area contributed by atoms with E-state index in [1.807, 2.05) is 0 Å². The molecule has 0 radical (unpaired) electrons. The van der Waals surface area contributed by atoms with E-state index < -0.39 is 30.3 Å². The van der Waals surface area contributed by atoms with Gasteiger partial charge >= 0.3 is 0 Å². The molecule has 0 aliphatic carbocycles. The van der Waals surface area contributed by atoms with E-state index in [4.69, 9.17) is 5.73 Å². The van der Waals surface area contributed by atoms with Gasteiger partial charge in [0.05, 0.1) is 18.5 Å². The Morgan fingerprint density at radius 3 is 2.32 bits per heavy atom. The largest absolute Gasteiger partial charge is 0.349 e. The molecule has 0 aliphatic rings. The zero-order valence-electron chi connectivity index (χ0n) is 10.8. The molecule has 0 atom stereocenters. The molecule has 6 heteroatoms. The lowest BCUT2D eigenvalue weighted by molar-refractivity contribution is -0.127. The van der Waals surface area contributed by atoms with Crippen LogP contribution < -0.4 is 11.1 Å². The number of carbonyl (C=O) groups is 1. The van der Waals surface area contributed by atoms with Gasteiger partial charge in [-0.2, -0.15) is 0 Å². The Morgan fingerprint density at radius 1 is 1.32 bits per heavy atom. The van der Waals surface area contributed by atoms with Gasteiger partial charge in [0.2, 0.25) is 5.91 Å². The van der Waals surface area contributed by atoms with Crippen LogP contribution in [0.15, 0.2) is 28.7 Å². The molecule has 0 aliphatic heterocycles. The Hall–Kier alpha value is -1.01. The maximum absolute atomic E-state index is 13.0. The van der Waals surface area contributed by atoms with Crippen LogP contribution in [0.2, 0.25) is 0 Å². The number of halogens is 3. The number of benzene rings is 1. The van der Waals surface area contributed by atoms with Crippen molar-refractivity contribution in [3.8, 4) is 0 Å². The van der Waals surface area contributed by atoms with E-state index >= 15 is 0 Å². The zero-order valence-corrected chi connectivity index (χ0v) is 12.4. The molecule has 1 amide bonds. The predicted octanol–water partition coefficient (Wildman–Crippen LogP) is 2.44. The first-order valence-corrected chi connectivity index (χ1v) is 6.60. The van der Waals surface area contributed by atoms with Crippen molar-refractivity contribution in [1.29, 1.82) is 0 Å². The number of nitrogens with two attached hydrogens (primary N) is 1. The van der Waals surface area contributed by atoms with Gasteiger partial charge in [0.15, 0.2) is 0 Å². The highest BCUT2D eigenvalue weighted by molar-refractivity contribution is 9.10. The Labute approximate surface area is 119 Å². The van der Waals surface area contributed by atoms with Crippen LogP contribution in [0.5, 0.6) is 0 Å². The average molecular weight is 335 g/mol. The topological polar surface area (TPSA) is 55.1 Å². The number of nitrogens with one attached hydrogen (secondary N) is 1. The van der Waals surface area contributed by atoms with Gasteiger partial charge in [0.1, 0.15) is 0 Å². The Bertz CT molecular complexity index is 446. The van der Waals surface area contributed by atoms with Gasteiger partial charge in [0, 0.05) is 4.47 Å². The fraction of sp³-hybridized carbons (Fsp3) is 0.462. The standard InChI is InChI=1S/C13H17BrF2N2O/c1-12(2,9-3-5-10(14)6-4-9)11(19)18-8-13(15,16)7-17/h3-6H,7-8,17H2,1-2H3,(H,18,19). The van der Waals surface area contributed by atoms with Crippen LogP contribution in [0.25, 0.3) is 0 Å². The summed E-state index contributed by atoms with van der Waals surface area (Å²) < 4.78 is 26.9. The Balaban J connectivity index is 2.77. The van der Waals surface area contributed by atoms with Crippen molar-refractivity contribution in [3.63, 3.8) is 0 Å². The summed E-state index contributed by atoms with van der Waals surface area (Å²) >= 11 is 3.30. The fourth-order valence-corrected chi connectivity index (χ4v) is 1.76. The van der Waals surface area contributed by atoms with Gasteiger partial charge in [-0.05, 0) is 31.5 Å². The molecule has 0 saturated heterocycles. The Morgan fingerprint density at radius 2 is 1.84 bits per heavy atom. The first-order chi connectivity index (χ1) is 8.69. The van der Waals surface area contributed by atoms with Crippen molar-refractivity contribution in [1.82, 2.24) is 5.32 Å².